The van der Waals surface area contributed by atoms with Crippen molar-refractivity contribution in [2.75, 3.05) is 5.32 Å². The standard InChI is InChI=1S/C14H11BrN2O3/c1-8(12-4-5-13(20-12)14(18)19)17-11-6-10(15)3-2-9(11)7-16/h2-6,8,17H,1H3,(H,18,19). The summed E-state index contributed by atoms with van der Waals surface area (Å²) in [6, 6.07) is 10.1. The first kappa shape index (κ1) is 14.2. The number of furan rings is 1. The summed E-state index contributed by atoms with van der Waals surface area (Å²) in [4.78, 5) is 10.8. The predicted octanol–water partition coefficient (Wildman–Crippen LogP) is 3.79. The van der Waals surface area contributed by atoms with Gasteiger partial charge in [-0.3, -0.25) is 0 Å². The molecule has 0 spiro atoms. The molecule has 1 unspecified atom stereocenters. The summed E-state index contributed by atoms with van der Waals surface area (Å²) < 4.78 is 6.07. The number of nitriles is 1. The number of hydrogen-bond donors (Lipinski definition) is 2. The van der Waals surface area contributed by atoms with Gasteiger partial charge < -0.3 is 14.8 Å². The number of carboxylic acids is 1. The fourth-order valence-corrected chi connectivity index (χ4v) is 2.10. The topological polar surface area (TPSA) is 86.3 Å². The fraction of sp³-hybridized carbons (Fsp3) is 0.143. The zero-order chi connectivity index (χ0) is 14.7. The normalized spacial score (nSPS) is 11.7. The van der Waals surface area contributed by atoms with Crippen LogP contribution in [-0.4, -0.2) is 11.1 Å². The van der Waals surface area contributed by atoms with Crippen LogP contribution in [0.25, 0.3) is 0 Å². The molecule has 0 saturated heterocycles. The molecule has 0 aliphatic rings. The van der Waals surface area contributed by atoms with E-state index in [2.05, 4.69) is 27.3 Å². The van der Waals surface area contributed by atoms with Gasteiger partial charge in [-0.15, -0.1) is 0 Å². The van der Waals surface area contributed by atoms with E-state index in [1.165, 1.54) is 6.07 Å². The van der Waals surface area contributed by atoms with Crippen molar-refractivity contribution >= 4 is 27.6 Å². The first-order chi connectivity index (χ1) is 9.51. The van der Waals surface area contributed by atoms with E-state index >= 15 is 0 Å². The highest BCUT2D eigenvalue weighted by Gasteiger charge is 2.15. The molecule has 0 aliphatic heterocycles. The van der Waals surface area contributed by atoms with E-state index in [0.717, 1.165) is 4.47 Å². The van der Waals surface area contributed by atoms with Gasteiger partial charge in [0.1, 0.15) is 11.8 Å². The maximum Gasteiger partial charge on any atom is 0.371 e. The Labute approximate surface area is 124 Å². The van der Waals surface area contributed by atoms with Crippen LogP contribution in [-0.2, 0) is 0 Å². The molecule has 20 heavy (non-hydrogen) atoms. The summed E-state index contributed by atoms with van der Waals surface area (Å²) in [6.45, 7) is 1.83. The van der Waals surface area contributed by atoms with Crippen molar-refractivity contribution in [3.05, 3.63) is 51.9 Å². The van der Waals surface area contributed by atoms with Crippen LogP contribution in [0.15, 0.2) is 39.2 Å². The van der Waals surface area contributed by atoms with E-state index in [1.807, 2.05) is 6.92 Å². The molecule has 2 rings (SSSR count). The van der Waals surface area contributed by atoms with Gasteiger partial charge in [-0.25, -0.2) is 4.79 Å². The first-order valence-corrected chi connectivity index (χ1v) is 6.59. The Bertz CT molecular complexity index is 688. The van der Waals surface area contributed by atoms with E-state index in [9.17, 15) is 4.79 Å². The molecule has 0 fully saturated rings. The lowest BCUT2D eigenvalue weighted by Gasteiger charge is -2.14. The number of rotatable bonds is 4. The van der Waals surface area contributed by atoms with Gasteiger partial charge in [0.2, 0.25) is 5.76 Å². The molecule has 1 heterocycles. The van der Waals surface area contributed by atoms with Crippen LogP contribution >= 0.6 is 15.9 Å². The SMILES string of the molecule is CC(Nc1cc(Br)ccc1C#N)c1ccc(C(=O)O)o1. The minimum atomic E-state index is -1.11. The van der Waals surface area contributed by atoms with Gasteiger partial charge in [-0.05, 0) is 37.3 Å². The second kappa shape index (κ2) is 5.80. The third kappa shape index (κ3) is 3.00. The Morgan fingerprint density at radius 1 is 1.45 bits per heavy atom. The van der Waals surface area contributed by atoms with Crippen LogP contribution in [0.1, 0.15) is 34.8 Å². The average Bonchev–Trinajstić information content (AvgIpc) is 2.89. The van der Waals surface area contributed by atoms with Gasteiger partial charge in [0.05, 0.1) is 17.3 Å². The Morgan fingerprint density at radius 3 is 2.80 bits per heavy atom. The molecule has 2 N–H and O–H groups in total. The summed E-state index contributed by atoms with van der Waals surface area (Å²) >= 11 is 3.34. The number of nitrogens with zero attached hydrogens (tertiary/aromatic N) is 1. The Balaban J connectivity index is 2.23. The fourth-order valence-electron chi connectivity index (χ4n) is 1.74. The molecule has 1 atom stereocenters. The van der Waals surface area contributed by atoms with Crippen molar-refractivity contribution in [2.45, 2.75) is 13.0 Å². The second-order valence-corrected chi connectivity index (χ2v) is 5.09. The molecule has 5 nitrogen and oxygen atoms in total. The lowest BCUT2D eigenvalue weighted by molar-refractivity contribution is 0.0660. The Morgan fingerprint density at radius 2 is 2.20 bits per heavy atom. The maximum atomic E-state index is 10.8. The molecule has 102 valence electrons. The molecule has 6 heteroatoms. The molecule has 0 aliphatic carbocycles. The third-order valence-corrected chi connectivity index (χ3v) is 3.23. The van der Waals surface area contributed by atoms with Gasteiger partial charge in [-0.2, -0.15) is 5.26 Å². The summed E-state index contributed by atoms with van der Waals surface area (Å²) in [5.74, 6) is -0.724. The van der Waals surface area contributed by atoms with Crippen molar-refractivity contribution in [1.29, 1.82) is 5.26 Å². The van der Waals surface area contributed by atoms with Gasteiger partial charge in [0.15, 0.2) is 0 Å². The first-order valence-electron chi connectivity index (χ1n) is 5.80. The van der Waals surface area contributed by atoms with E-state index in [4.69, 9.17) is 14.8 Å². The smallest absolute Gasteiger partial charge is 0.371 e. The number of carboxylic acid groups (broad SMARTS) is 1. The van der Waals surface area contributed by atoms with Crippen LogP contribution in [0.3, 0.4) is 0 Å². The van der Waals surface area contributed by atoms with Crippen molar-refractivity contribution in [2.24, 2.45) is 0 Å². The van der Waals surface area contributed by atoms with Crippen molar-refractivity contribution < 1.29 is 14.3 Å². The van der Waals surface area contributed by atoms with Crippen LogP contribution in [0.2, 0.25) is 0 Å². The maximum absolute atomic E-state index is 10.8. The molecular formula is C14H11BrN2O3. The Hall–Kier alpha value is -2.26. The van der Waals surface area contributed by atoms with Gasteiger partial charge >= 0.3 is 5.97 Å². The van der Waals surface area contributed by atoms with Crippen LogP contribution in [0.5, 0.6) is 0 Å². The minimum absolute atomic E-state index is 0.108. The molecule has 2 aromatic rings. The molecule has 0 amide bonds. The van der Waals surface area contributed by atoms with E-state index in [0.29, 0.717) is 17.0 Å². The molecule has 0 radical (unpaired) electrons. The number of anilines is 1. The van der Waals surface area contributed by atoms with Crippen molar-refractivity contribution in [3.8, 4) is 6.07 Å². The third-order valence-electron chi connectivity index (χ3n) is 2.74. The quantitative estimate of drug-likeness (QED) is 0.888. The summed E-state index contributed by atoms with van der Waals surface area (Å²) in [7, 11) is 0. The Kier molecular flexibility index (Phi) is 4.11. The van der Waals surface area contributed by atoms with Gasteiger partial charge in [0.25, 0.3) is 0 Å². The molecule has 0 bridgehead atoms. The van der Waals surface area contributed by atoms with E-state index in [1.54, 1.807) is 24.3 Å². The van der Waals surface area contributed by atoms with E-state index in [-0.39, 0.29) is 11.8 Å². The molecule has 1 aromatic carbocycles. The van der Waals surface area contributed by atoms with E-state index < -0.39 is 5.97 Å². The van der Waals surface area contributed by atoms with Crippen LogP contribution in [0.4, 0.5) is 5.69 Å². The zero-order valence-corrected chi connectivity index (χ0v) is 12.1. The predicted molar refractivity (Wildman–Crippen MR) is 76.6 cm³/mol. The number of nitrogens with one attached hydrogen (secondary N) is 1. The highest BCUT2D eigenvalue weighted by Crippen LogP contribution is 2.26. The summed E-state index contributed by atoms with van der Waals surface area (Å²) in [6.07, 6.45) is 0. The average molecular weight is 335 g/mol. The zero-order valence-electron chi connectivity index (χ0n) is 10.6. The lowest BCUT2D eigenvalue weighted by Crippen LogP contribution is -2.07. The van der Waals surface area contributed by atoms with Crippen LogP contribution in [0, 0.1) is 11.3 Å². The van der Waals surface area contributed by atoms with Crippen molar-refractivity contribution in [1.82, 2.24) is 0 Å². The minimum Gasteiger partial charge on any atom is -0.475 e. The number of aromatic carboxylic acids is 1. The largest absolute Gasteiger partial charge is 0.475 e. The number of carbonyl (C=O) groups is 1. The molecular weight excluding hydrogens is 324 g/mol. The number of benzene rings is 1. The van der Waals surface area contributed by atoms with Gasteiger partial charge in [0, 0.05) is 4.47 Å². The summed E-state index contributed by atoms with van der Waals surface area (Å²) in [5.41, 5.74) is 1.16. The summed E-state index contributed by atoms with van der Waals surface area (Å²) in [5, 5.41) is 21.0. The monoisotopic (exact) mass is 334 g/mol. The van der Waals surface area contributed by atoms with Gasteiger partial charge in [-0.1, -0.05) is 15.9 Å². The number of halogens is 1. The number of hydrogen-bond acceptors (Lipinski definition) is 4. The molecule has 0 saturated carbocycles. The molecule has 1 aromatic heterocycles. The van der Waals surface area contributed by atoms with Crippen molar-refractivity contribution in [3.63, 3.8) is 0 Å². The lowest BCUT2D eigenvalue weighted by atomic mass is 10.1. The highest BCUT2D eigenvalue weighted by molar-refractivity contribution is 9.10. The van der Waals surface area contributed by atoms with Crippen LogP contribution < -0.4 is 5.32 Å². The highest BCUT2D eigenvalue weighted by atomic mass is 79.9. The second-order valence-electron chi connectivity index (χ2n) is 4.17.